The monoisotopic (exact) mass is 328 g/mol. The summed E-state index contributed by atoms with van der Waals surface area (Å²) in [6.07, 6.45) is 0.495. The molecule has 0 saturated heterocycles. The quantitative estimate of drug-likeness (QED) is 0.458. The predicted molar refractivity (Wildman–Crippen MR) is 89.7 cm³/mol. The van der Waals surface area contributed by atoms with Crippen molar-refractivity contribution in [1.82, 2.24) is 0 Å². The van der Waals surface area contributed by atoms with Crippen molar-refractivity contribution in [2.45, 2.75) is 12.5 Å². The van der Waals surface area contributed by atoms with E-state index in [0.717, 1.165) is 0 Å². The average molecular weight is 328 g/mol. The van der Waals surface area contributed by atoms with E-state index >= 15 is 0 Å². The summed E-state index contributed by atoms with van der Waals surface area (Å²) in [6.45, 7) is 0.0592. The van der Waals surface area contributed by atoms with Gasteiger partial charge in [-0.25, -0.2) is 4.79 Å². The Morgan fingerprint density at radius 3 is 2.21 bits per heavy atom. The molecular formula is C19H20O5. The molecular weight excluding hydrogens is 308 g/mol. The van der Waals surface area contributed by atoms with Gasteiger partial charge in [0.15, 0.2) is 0 Å². The van der Waals surface area contributed by atoms with Crippen molar-refractivity contribution in [2.75, 3.05) is 13.7 Å². The predicted octanol–water partition coefficient (Wildman–Crippen LogP) is 2.95. The number of carbonyl (C=O) groups is 1. The molecule has 2 aromatic carbocycles. The molecule has 126 valence electrons. The van der Waals surface area contributed by atoms with Gasteiger partial charge in [0.25, 0.3) is 0 Å². The van der Waals surface area contributed by atoms with Gasteiger partial charge >= 0.3 is 5.97 Å². The van der Waals surface area contributed by atoms with Crippen LogP contribution in [0.3, 0.4) is 0 Å². The lowest BCUT2D eigenvalue weighted by Gasteiger charge is -2.13. The van der Waals surface area contributed by atoms with Crippen molar-refractivity contribution in [1.29, 1.82) is 0 Å². The third kappa shape index (κ3) is 5.78. The zero-order chi connectivity index (χ0) is 17.2. The summed E-state index contributed by atoms with van der Waals surface area (Å²) in [6, 6.07) is 18.2. The maximum Gasteiger partial charge on any atom is 0.336 e. The van der Waals surface area contributed by atoms with E-state index in [1.165, 1.54) is 13.4 Å². The Hall–Kier alpha value is -2.79. The van der Waals surface area contributed by atoms with E-state index < -0.39 is 12.1 Å². The first-order valence-corrected chi connectivity index (χ1v) is 7.54. The zero-order valence-corrected chi connectivity index (χ0v) is 13.4. The summed E-state index contributed by atoms with van der Waals surface area (Å²) in [7, 11) is 1.28. The number of para-hydroxylation sites is 2. The van der Waals surface area contributed by atoms with E-state index in [-0.39, 0.29) is 18.6 Å². The molecule has 0 aromatic heterocycles. The number of esters is 1. The van der Waals surface area contributed by atoms with Crippen molar-refractivity contribution < 1.29 is 24.1 Å². The zero-order valence-electron chi connectivity index (χ0n) is 13.4. The third-order valence-corrected chi connectivity index (χ3v) is 3.17. The van der Waals surface area contributed by atoms with Gasteiger partial charge in [0.05, 0.1) is 18.8 Å². The molecule has 0 heterocycles. The van der Waals surface area contributed by atoms with E-state index in [9.17, 15) is 9.90 Å². The Labute approximate surface area is 141 Å². The van der Waals surface area contributed by atoms with Gasteiger partial charge in [-0.3, -0.25) is 0 Å². The third-order valence-electron chi connectivity index (χ3n) is 3.17. The molecule has 5 heteroatoms. The highest BCUT2D eigenvalue weighted by Gasteiger charge is 2.16. The van der Waals surface area contributed by atoms with Crippen LogP contribution in [-0.2, 0) is 9.53 Å². The number of methoxy groups -OCH3 is 1. The molecule has 1 atom stereocenters. The number of hydrogen-bond donors (Lipinski definition) is 1. The van der Waals surface area contributed by atoms with Gasteiger partial charge in [-0.1, -0.05) is 36.4 Å². The molecule has 0 fully saturated rings. The van der Waals surface area contributed by atoms with Crippen LogP contribution in [0.4, 0.5) is 0 Å². The molecule has 2 aromatic rings. The van der Waals surface area contributed by atoms with Crippen molar-refractivity contribution in [3.8, 4) is 11.5 Å². The smallest absolute Gasteiger partial charge is 0.336 e. The molecule has 0 aliphatic heterocycles. The first-order valence-electron chi connectivity index (χ1n) is 7.54. The van der Waals surface area contributed by atoms with Crippen LogP contribution in [0.2, 0.25) is 0 Å². The fourth-order valence-corrected chi connectivity index (χ4v) is 1.97. The summed E-state index contributed by atoms with van der Waals surface area (Å²) in [5.41, 5.74) is 0.227. The highest BCUT2D eigenvalue weighted by Crippen LogP contribution is 2.15. The Bertz CT molecular complexity index is 652. The lowest BCUT2D eigenvalue weighted by Crippen LogP contribution is -2.21. The van der Waals surface area contributed by atoms with E-state index in [4.69, 9.17) is 14.2 Å². The van der Waals surface area contributed by atoms with E-state index in [2.05, 4.69) is 0 Å². The normalized spacial score (nSPS) is 12.3. The number of carbonyl (C=O) groups excluding carboxylic acids is 1. The van der Waals surface area contributed by atoms with Crippen LogP contribution in [0.25, 0.3) is 0 Å². The van der Waals surface area contributed by atoms with E-state index in [1.54, 1.807) is 24.3 Å². The molecule has 1 unspecified atom stereocenters. The Kier molecular flexibility index (Phi) is 6.86. The Morgan fingerprint density at radius 1 is 1.04 bits per heavy atom. The second-order valence-corrected chi connectivity index (χ2v) is 5.05. The van der Waals surface area contributed by atoms with Gasteiger partial charge in [-0.05, 0) is 24.3 Å². The molecule has 24 heavy (non-hydrogen) atoms. The van der Waals surface area contributed by atoms with Crippen molar-refractivity contribution in [2.24, 2.45) is 0 Å². The summed E-state index contributed by atoms with van der Waals surface area (Å²) < 4.78 is 15.6. The van der Waals surface area contributed by atoms with Crippen LogP contribution in [0.5, 0.6) is 11.5 Å². The molecule has 2 rings (SSSR count). The number of aliphatic hydroxyl groups is 1. The van der Waals surface area contributed by atoms with Gasteiger partial charge in [-0.2, -0.15) is 0 Å². The minimum atomic E-state index is -0.866. The first-order chi connectivity index (χ1) is 11.7. The van der Waals surface area contributed by atoms with Crippen LogP contribution in [0.15, 0.2) is 72.5 Å². The molecule has 0 bridgehead atoms. The van der Waals surface area contributed by atoms with Crippen molar-refractivity contribution >= 4 is 5.97 Å². The number of ether oxygens (including phenoxy) is 3. The standard InChI is InChI=1S/C19H20O5/c1-22-19(21)15(13-23-17-8-4-2-5-9-17)12-16(20)14-24-18-10-6-3-7-11-18/h2-11,13,16,20H,12,14H2,1H3. The summed E-state index contributed by atoms with van der Waals surface area (Å²) in [4.78, 5) is 11.8. The molecule has 0 spiro atoms. The first kappa shape index (κ1) is 17.6. The fraction of sp³-hybridized carbons (Fsp3) is 0.211. The topological polar surface area (TPSA) is 65.0 Å². The maximum atomic E-state index is 11.8. The Balaban J connectivity index is 1.93. The van der Waals surface area contributed by atoms with Gasteiger partial charge in [0, 0.05) is 6.42 Å². The Morgan fingerprint density at radius 2 is 1.62 bits per heavy atom. The van der Waals surface area contributed by atoms with Crippen LogP contribution >= 0.6 is 0 Å². The molecule has 0 aliphatic carbocycles. The number of hydrogen-bond acceptors (Lipinski definition) is 5. The highest BCUT2D eigenvalue weighted by molar-refractivity contribution is 5.88. The van der Waals surface area contributed by atoms with Crippen molar-refractivity contribution in [3.63, 3.8) is 0 Å². The lowest BCUT2D eigenvalue weighted by atomic mass is 10.1. The van der Waals surface area contributed by atoms with Crippen LogP contribution in [-0.4, -0.2) is 30.9 Å². The van der Waals surface area contributed by atoms with Gasteiger partial charge < -0.3 is 19.3 Å². The molecule has 0 amide bonds. The number of benzene rings is 2. The summed E-state index contributed by atoms with van der Waals surface area (Å²) in [5.74, 6) is 0.694. The molecule has 1 N–H and O–H groups in total. The van der Waals surface area contributed by atoms with Gasteiger partial charge in [0.1, 0.15) is 24.4 Å². The number of aliphatic hydroxyl groups excluding tert-OH is 1. The number of rotatable bonds is 8. The van der Waals surface area contributed by atoms with Crippen LogP contribution in [0.1, 0.15) is 6.42 Å². The molecule has 0 saturated carbocycles. The largest absolute Gasteiger partial charge is 0.491 e. The molecule has 0 aliphatic rings. The lowest BCUT2D eigenvalue weighted by molar-refractivity contribution is -0.136. The van der Waals surface area contributed by atoms with Crippen molar-refractivity contribution in [3.05, 3.63) is 72.5 Å². The molecule has 0 radical (unpaired) electrons. The van der Waals surface area contributed by atoms with Gasteiger partial charge in [-0.15, -0.1) is 0 Å². The summed E-state index contributed by atoms with van der Waals surface area (Å²) in [5, 5.41) is 10.1. The summed E-state index contributed by atoms with van der Waals surface area (Å²) >= 11 is 0. The second-order valence-electron chi connectivity index (χ2n) is 5.05. The van der Waals surface area contributed by atoms with Gasteiger partial charge in [0.2, 0.25) is 0 Å². The SMILES string of the molecule is COC(=O)C(=COc1ccccc1)CC(O)COc1ccccc1. The van der Waals surface area contributed by atoms with E-state index in [1.807, 2.05) is 36.4 Å². The maximum absolute atomic E-state index is 11.8. The van der Waals surface area contributed by atoms with Crippen LogP contribution in [0, 0.1) is 0 Å². The van der Waals surface area contributed by atoms with Crippen LogP contribution < -0.4 is 9.47 Å². The second kappa shape index (κ2) is 9.37. The minimum absolute atomic E-state index is 0.0592. The highest BCUT2D eigenvalue weighted by atomic mass is 16.5. The molecule has 5 nitrogen and oxygen atoms in total. The fourth-order valence-electron chi connectivity index (χ4n) is 1.97. The van der Waals surface area contributed by atoms with E-state index in [0.29, 0.717) is 11.5 Å². The minimum Gasteiger partial charge on any atom is -0.491 e. The average Bonchev–Trinajstić information content (AvgIpc) is 2.64.